The number of nitrogens with zero attached hydrogens (tertiary/aromatic N) is 3. The minimum atomic E-state index is -0.493. The van der Waals surface area contributed by atoms with Crippen molar-refractivity contribution in [2.45, 2.75) is 44.9 Å². The van der Waals surface area contributed by atoms with Gasteiger partial charge in [-0.15, -0.1) is 0 Å². The van der Waals surface area contributed by atoms with Crippen molar-refractivity contribution in [3.63, 3.8) is 0 Å². The molecule has 2 heterocycles. The zero-order valence-corrected chi connectivity index (χ0v) is 14.2. The lowest BCUT2D eigenvalue weighted by Gasteiger charge is -2.27. The second kappa shape index (κ2) is 8.42. The van der Waals surface area contributed by atoms with Gasteiger partial charge in [-0.3, -0.25) is 14.4 Å². The van der Waals surface area contributed by atoms with Crippen LogP contribution in [-0.4, -0.2) is 70.2 Å². The van der Waals surface area contributed by atoms with Crippen molar-refractivity contribution >= 4 is 5.91 Å². The van der Waals surface area contributed by atoms with Crippen molar-refractivity contribution in [1.29, 1.82) is 0 Å². The van der Waals surface area contributed by atoms with Crippen molar-refractivity contribution in [2.24, 2.45) is 7.05 Å². The summed E-state index contributed by atoms with van der Waals surface area (Å²) in [4.78, 5) is 14.3. The molecule has 2 N–H and O–H groups in total. The van der Waals surface area contributed by atoms with Crippen molar-refractivity contribution < 1.29 is 14.6 Å². The zero-order chi connectivity index (χ0) is 16.8. The number of β-amino-alcohol motifs (C(OH)–C–C–N with tert-alkyl or cyclic N) is 1. The molecule has 1 amide bonds. The number of aryl methyl sites for hydroxylation is 1. The van der Waals surface area contributed by atoms with Crippen LogP contribution in [0.2, 0.25) is 0 Å². The highest BCUT2D eigenvalue weighted by Crippen LogP contribution is 2.17. The number of amides is 1. The number of carbonyl (C=O) groups excluding carboxylic acids is 1. The molecule has 2 atom stereocenters. The van der Waals surface area contributed by atoms with Gasteiger partial charge < -0.3 is 15.2 Å². The van der Waals surface area contributed by atoms with Crippen LogP contribution < -0.4 is 5.32 Å². The van der Waals surface area contributed by atoms with E-state index in [9.17, 15) is 9.90 Å². The minimum absolute atomic E-state index is 0.103. The van der Waals surface area contributed by atoms with Gasteiger partial charge in [0.1, 0.15) is 0 Å². The van der Waals surface area contributed by atoms with Crippen LogP contribution in [0.1, 0.15) is 37.0 Å². The van der Waals surface area contributed by atoms with Gasteiger partial charge in [0, 0.05) is 32.4 Å². The number of ether oxygens (including phenoxy) is 1. The molecule has 0 spiro atoms. The Morgan fingerprint density at radius 2 is 2.35 bits per heavy atom. The third-order valence-corrected chi connectivity index (χ3v) is 4.03. The number of aliphatic hydroxyl groups is 1. The monoisotopic (exact) mass is 324 g/mol. The molecule has 0 saturated carbocycles. The number of rotatable bonds is 8. The largest absolute Gasteiger partial charge is 0.389 e. The molecule has 1 fully saturated rings. The van der Waals surface area contributed by atoms with Gasteiger partial charge >= 0.3 is 0 Å². The average Bonchev–Trinajstić information content (AvgIpc) is 3.12. The fourth-order valence-corrected chi connectivity index (χ4v) is 2.84. The van der Waals surface area contributed by atoms with E-state index in [-0.39, 0.29) is 18.1 Å². The van der Waals surface area contributed by atoms with Gasteiger partial charge in [-0.25, -0.2) is 0 Å². The predicted octanol–water partition coefficient (Wildman–Crippen LogP) is 0.400. The van der Waals surface area contributed by atoms with Crippen LogP contribution in [0.4, 0.5) is 0 Å². The maximum atomic E-state index is 12.1. The SMILES string of the molecule is CC(C)OC[C@H](O)CN1CCC[C@@H]1CNC(=O)c1cnn(C)c1. The summed E-state index contributed by atoms with van der Waals surface area (Å²) in [6.07, 6.45) is 5.02. The summed E-state index contributed by atoms with van der Waals surface area (Å²) in [7, 11) is 1.79. The molecule has 2 rings (SSSR count). The van der Waals surface area contributed by atoms with Crippen LogP contribution in [0.3, 0.4) is 0 Å². The molecule has 1 aromatic rings. The molecular weight excluding hydrogens is 296 g/mol. The summed E-state index contributed by atoms with van der Waals surface area (Å²) in [5.41, 5.74) is 0.572. The van der Waals surface area contributed by atoms with Gasteiger partial charge in [-0.1, -0.05) is 0 Å². The molecular formula is C16H28N4O3. The Morgan fingerprint density at radius 1 is 1.57 bits per heavy atom. The molecule has 0 aromatic carbocycles. The molecule has 1 aliphatic rings. The van der Waals surface area contributed by atoms with E-state index in [2.05, 4.69) is 15.3 Å². The maximum absolute atomic E-state index is 12.1. The number of carbonyl (C=O) groups is 1. The lowest BCUT2D eigenvalue weighted by atomic mass is 10.2. The van der Waals surface area contributed by atoms with Crippen LogP contribution in [0.15, 0.2) is 12.4 Å². The Kier molecular flexibility index (Phi) is 6.56. The first-order valence-electron chi connectivity index (χ1n) is 8.26. The van der Waals surface area contributed by atoms with Crippen molar-refractivity contribution in [3.8, 4) is 0 Å². The molecule has 1 aliphatic heterocycles. The Balaban J connectivity index is 1.76. The highest BCUT2D eigenvalue weighted by molar-refractivity contribution is 5.93. The fourth-order valence-electron chi connectivity index (χ4n) is 2.84. The van der Waals surface area contributed by atoms with Gasteiger partial charge in [0.05, 0.1) is 30.6 Å². The Hall–Kier alpha value is -1.44. The number of aliphatic hydroxyl groups excluding tert-OH is 1. The normalized spacial score (nSPS) is 20.1. The van der Waals surface area contributed by atoms with Crippen LogP contribution in [-0.2, 0) is 11.8 Å². The summed E-state index contributed by atoms with van der Waals surface area (Å²) in [5, 5.41) is 17.0. The van der Waals surface area contributed by atoms with Crippen molar-refractivity contribution in [3.05, 3.63) is 18.0 Å². The van der Waals surface area contributed by atoms with E-state index in [1.54, 1.807) is 24.1 Å². The standard InChI is InChI=1S/C16H28N4O3/c1-12(2)23-11-15(21)10-20-6-4-5-14(20)8-17-16(22)13-7-18-19(3)9-13/h7,9,12,14-15,21H,4-6,8,10-11H2,1-3H3,(H,17,22)/t14-,15-/m1/s1. The summed E-state index contributed by atoms with van der Waals surface area (Å²) in [6, 6.07) is 0.268. The molecule has 0 aliphatic carbocycles. The van der Waals surface area contributed by atoms with Crippen LogP contribution in [0.25, 0.3) is 0 Å². The van der Waals surface area contributed by atoms with Gasteiger partial charge in [0.25, 0.3) is 5.91 Å². The number of nitrogens with one attached hydrogen (secondary N) is 1. The third-order valence-electron chi connectivity index (χ3n) is 4.03. The van der Waals surface area contributed by atoms with E-state index < -0.39 is 6.10 Å². The zero-order valence-electron chi connectivity index (χ0n) is 14.2. The number of hydrogen-bond acceptors (Lipinski definition) is 5. The van der Waals surface area contributed by atoms with E-state index >= 15 is 0 Å². The van der Waals surface area contributed by atoms with E-state index in [0.717, 1.165) is 19.4 Å². The summed E-state index contributed by atoms with van der Waals surface area (Å²) in [6.45, 7) is 6.39. The molecule has 1 saturated heterocycles. The highest BCUT2D eigenvalue weighted by Gasteiger charge is 2.26. The summed E-state index contributed by atoms with van der Waals surface area (Å²) >= 11 is 0. The van der Waals surface area contributed by atoms with Gasteiger partial charge in [0.15, 0.2) is 0 Å². The minimum Gasteiger partial charge on any atom is -0.389 e. The second-order valence-electron chi connectivity index (χ2n) is 6.44. The van der Waals surface area contributed by atoms with E-state index in [4.69, 9.17) is 4.74 Å². The molecule has 0 radical (unpaired) electrons. The lowest BCUT2D eigenvalue weighted by molar-refractivity contribution is -0.00989. The highest BCUT2D eigenvalue weighted by atomic mass is 16.5. The van der Waals surface area contributed by atoms with E-state index in [0.29, 0.717) is 25.3 Å². The predicted molar refractivity (Wildman–Crippen MR) is 87.2 cm³/mol. The van der Waals surface area contributed by atoms with Crippen LogP contribution in [0, 0.1) is 0 Å². The number of aromatic nitrogens is 2. The third kappa shape index (κ3) is 5.60. The lowest BCUT2D eigenvalue weighted by Crippen LogP contribution is -2.44. The molecule has 23 heavy (non-hydrogen) atoms. The average molecular weight is 324 g/mol. The molecule has 130 valence electrons. The maximum Gasteiger partial charge on any atom is 0.254 e. The number of likely N-dealkylation sites (tertiary alicyclic amines) is 1. The van der Waals surface area contributed by atoms with Crippen LogP contribution in [0.5, 0.6) is 0 Å². The molecule has 7 nitrogen and oxygen atoms in total. The van der Waals surface area contributed by atoms with E-state index in [1.807, 2.05) is 13.8 Å². The Morgan fingerprint density at radius 3 is 3.00 bits per heavy atom. The summed E-state index contributed by atoms with van der Waals surface area (Å²) < 4.78 is 7.06. The quantitative estimate of drug-likeness (QED) is 0.724. The molecule has 0 bridgehead atoms. The van der Waals surface area contributed by atoms with Gasteiger partial charge in [-0.2, -0.15) is 5.10 Å². The number of hydrogen-bond donors (Lipinski definition) is 2. The molecule has 1 aromatic heterocycles. The van der Waals surface area contributed by atoms with Crippen LogP contribution >= 0.6 is 0 Å². The summed E-state index contributed by atoms with van der Waals surface area (Å²) in [5.74, 6) is -0.103. The Labute approximate surface area is 137 Å². The van der Waals surface area contributed by atoms with Gasteiger partial charge in [-0.05, 0) is 33.2 Å². The molecule has 7 heteroatoms. The van der Waals surface area contributed by atoms with Gasteiger partial charge in [0.2, 0.25) is 0 Å². The smallest absolute Gasteiger partial charge is 0.254 e. The second-order valence-corrected chi connectivity index (χ2v) is 6.44. The first-order valence-corrected chi connectivity index (χ1v) is 8.26. The topological polar surface area (TPSA) is 79.6 Å². The fraction of sp³-hybridized carbons (Fsp3) is 0.750. The first kappa shape index (κ1) is 17.9. The van der Waals surface area contributed by atoms with E-state index in [1.165, 1.54) is 0 Å². The first-order chi connectivity index (χ1) is 11.0. The Bertz CT molecular complexity index is 503. The van der Waals surface area contributed by atoms with Crippen molar-refractivity contribution in [2.75, 3.05) is 26.2 Å². The molecule has 0 unspecified atom stereocenters. The van der Waals surface area contributed by atoms with Crippen molar-refractivity contribution in [1.82, 2.24) is 20.0 Å².